The first kappa shape index (κ1) is 28.0. The van der Waals surface area contributed by atoms with Crippen LogP contribution in [-0.4, -0.2) is 34.9 Å². The van der Waals surface area contributed by atoms with Crippen molar-refractivity contribution in [2.24, 2.45) is 0 Å². The quantitative estimate of drug-likeness (QED) is 0.302. The standard InChI is InChI=1S/C28H29BrCl2N2O3/c1-28(2,3)32-27(35)25(15-19-7-5-4-6-8-19)33(17-20-9-12-22(30)16-24(20)31)26(34)18-36-23-13-10-21(29)11-14-23/h4-14,16,25H,15,17-18H2,1-3H3,(H,32,35)/t25-/m1/s1. The zero-order valence-electron chi connectivity index (χ0n) is 20.4. The summed E-state index contributed by atoms with van der Waals surface area (Å²) in [6.45, 7) is 5.60. The third-order valence-electron chi connectivity index (χ3n) is 5.30. The maximum atomic E-state index is 13.6. The van der Waals surface area contributed by atoms with Crippen LogP contribution in [0.5, 0.6) is 5.75 Å². The smallest absolute Gasteiger partial charge is 0.261 e. The Kier molecular flexibility index (Phi) is 9.83. The first-order valence-electron chi connectivity index (χ1n) is 11.5. The maximum Gasteiger partial charge on any atom is 0.261 e. The van der Waals surface area contributed by atoms with Crippen LogP contribution >= 0.6 is 39.1 Å². The highest BCUT2D eigenvalue weighted by Gasteiger charge is 2.32. The molecule has 190 valence electrons. The number of rotatable bonds is 9. The SMILES string of the molecule is CC(C)(C)NC(=O)[C@@H](Cc1ccccc1)N(Cc1ccc(Cl)cc1Cl)C(=O)COc1ccc(Br)cc1. The van der Waals surface area contributed by atoms with E-state index in [2.05, 4.69) is 21.2 Å². The highest BCUT2D eigenvalue weighted by Crippen LogP contribution is 2.25. The number of ether oxygens (including phenoxy) is 1. The molecule has 0 spiro atoms. The number of halogens is 3. The van der Waals surface area contributed by atoms with E-state index in [1.54, 1.807) is 30.3 Å². The summed E-state index contributed by atoms with van der Waals surface area (Å²) in [5.74, 6) is -0.0443. The van der Waals surface area contributed by atoms with E-state index in [1.807, 2.05) is 63.2 Å². The van der Waals surface area contributed by atoms with Crippen LogP contribution in [0, 0.1) is 0 Å². The second-order valence-corrected chi connectivity index (χ2v) is 11.2. The third-order valence-corrected chi connectivity index (χ3v) is 6.42. The second-order valence-electron chi connectivity index (χ2n) is 9.44. The molecule has 0 aliphatic carbocycles. The van der Waals surface area contributed by atoms with Gasteiger partial charge in [-0.3, -0.25) is 9.59 Å². The van der Waals surface area contributed by atoms with Crippen molar-refractivity contribution in [3.8, 4) is 5.75 Å². The van der Waals surface area contributed by atoms with E-state index < -0.39 is 11.6 Å². The number of nitrogens with one attached hydrogen (secondary N) is 1. The molecule has 0 fully saturated rings. The van der Waals surface area contributed by atoms with Gasteiger partial charge in [0, 0.05) is 33.0 Å². The van der Waals surface area contributed by atoms with E-state index in [0.29, 0.717) is 27.8 Å². The molecule has 0 saturated heterocycles. The zero-order valence-corrected chi connectivity index (χ0v) is 23.5. The van der Waals surface area contributed by atoms with Crippen molar-refractivity contribution in [2.45, 2.75) is 45.3 Å². The minimum Gasteiger partial charge on any atom is -0.484 e. The average molecular weight is 592 g/mol. The van der Waals surface area contributed by atoms with Crippen molar-refractivity contribution < 1.29 is 14.3 Å². The van der Waals surface area contributed by atoms with Gasteiger partial charge in [-0.1, -0.05) is 75.5 Å². The lowest BCUT2D eigenvalue weighted by Gasteiger charge is -2.34. The van der Waals surface area contributed by atoms with E-state index in [0.717, 1.165) is 10.0 Å². The van der Waals surface area contributed by atoms with Crippen molar-refractivity contribution in [3.63, 3.8) is 0 Å². The molecule has 0 aliphatic heterocycles. The normalized spacial score (nSPS) is 12.1. The summed E-state index contributed by atoms with van der Waals surface area (Å²) in [5.41, 5.74) is 1.13. The summed E-state index contributed by atoms with van der Waals surface area (Å²) in [6.07, 6.45) is 0.331. The fourth-order valence-electron chi connectivity index (χ4n) is 3.60. The Bertz CT molecular complexity index is 1180. The lowest BCUT2D eigenvalue weighted by atomic mass is 10.0. The van der Waals surface area contributed by atoms with Crippen LogP contribution in [0.3, 0.4) is 0 Å². The Morgan fingerprint density at radius 2 is 1.67 bits per heavy atom. The second kappa shape index (κ2) is 12.6. The molecule has 1 atom stereocenters. The van der Waals surface area contributed by atoms with Crippen LogP contribution in [-0.2, 0) is 22.6 Å². The van der Waals surface area contributed by atoms with Crippen LogP contribution < -0.4 is 10.1 Å². The van der Waals surface area contributed by atoms with Crippen LogP contribution in [0.25, 0.3) is 0 Å². The monoisotopic (exact) mass is 590 g/mol. The van der Waals surface area contributed by atoms with Gasteiger partial charge in [0.1, 0.15) is 11.8 Å². The first-order chi connectivity index (χ1) is 17.0. The maximum absolute atomic E-state index is 13.6. The van der Waals surface area contributed by atoms with Crippen LogP contribution in [0.15, 0.2) is 77.3 Å². The van der Waals surface area contributed by atoms with Crippen molar-refractivity contribution in [2.75, 3.05) is 6.61 Å². The first-order valence-corrected chi connectivity index (χ1v) is 13.0. The van der Waals surface area contributed by atoms with Gasteiger partial charge in [0.05, 0.1) is 0 Å². The number of benzene rings is 3. The molecule has 3 aromatic carbocycles. The van der Waals surface area contributed by atoms with Gasteiger partial charge in [0.2, 0.25) is 5.91 Å². The lowest BCUT2D eigenvalue weighted by Crippen LogP contribution is -2.55. The number of carbonyl (C=O) groups excluding carboxylic acids is 2. The fourth-order valence-corrected chi connectivity index (χ4v) is 4.33. The van der Waals surface area contributed by atoms with Gasteiger partial charge in [0.15, 0.2) is 6.61 Å². The van der Waals surface area contributed by atoms with E-state index in [1.165, 1.54) is 4.90 Å². The Morgan fingerprint density at radius 1 is 1.00 bits per heavy atom. The summed E-state index contributed by atoms with van der Waals surface area (Å²) < 4.78 is 6.68. The molecule has 2 amide bonds. The minimum atomic E-state index is -0.792. The highest BCUT2D eigenvalue weighted by atomic mass is 79.9. The molecule has 5 nitrogen and oxygen atoms in total. The Hall–Kier alpha value is -2.54. The van der Waals surface area contributed by atoms with Gasteiger partial charge in [-0.05, 0) is 68.3 Å². The summed E-state index contributed by atoms with van der Waals surface area (Å²) in [7, 11) is 0. The predicted molar refractivity (Wildman–Crippen MR) is 148 cm³/mol. The summed E-state index contributed by atoms with van der Waals surface area (Å²) in [4.78, 5) is 28.7. The van der Waals surface area contributed by atoms with E-state index >= 15 is 0 Å². The van der Waals surface area contributed by atoms with E-state index in [9.17, 15) is 9.59 Å². The predicted octanol–water partition coefficient (Wildman–Crippen LogP) is 6.69. The van der Waals surface area contributed by atoms with Crippen LogP contribution in [0.1, 0.15) is 31.9 Å². The molecule has 0 aromatic heterocycles. The molecule has 0 radical (unpaired) electrons. The molecule has 0 saturated carbocycles. The van der Waals surface area contributed by atoms with Crippen LogP contribution in [0.2, 0.25) is 10.0 Å². The highest BCUT2D eigenvalue weighted by molar-refractivity contribution is 9.10. The number of hydrogen-bond acceptors (Lipinski definition) is 3. The molecule has 0 bridgehead atoms. The molecule has 8 heteroatoms. The number of hydrogen-bond donors (Lipinski definition) is 1. The molecule has 0 unspecified atom stereocenters. The summed E-state index contributed by atoms with van der Waals surface area (Å²) in [5, 5.41) is 3.94. The minimum absolute atomic E-state index is 0.119. The molecular weight excluding hydrogens is 563 g/mol. The zero-order chi connectivity index (χ0) is 26.3. The van der Waals surface area contributed by atoms with Crippen molar-refractivity contribution >= 4 is 50.9 Å². The van der Waals surface area contributed by atoms with Gasteiger partial charge in [0.25, 0.3) is 5.91 Å². The van der Waals surface area contributed by atoms with Crippen molar-refractivity contribution in [1.29, 1.82) is 0 Å². The molecule has 36 heavy (non-hydrogen) atoms. The lowest BCUT2D eigenvalue weighted by molar-refractivity contribution is -0.143. The summed E-state index contributed by atoms with van der Waals surface area (Å²) in [6, 6.07) is 21.1. The number of nitrogens with zero attached hydrogens (tertiary/aromatic N) is 1. The third kappa shape index (κ3) is 8.54. The number of carbonyl (C=O) groups is 2. The largest absolute Gasteiger partial charge is 0.484 e. The fraction of sp³-hybridized carbons (Fsp3) is 0.286. The molecule has 0 heterocycles. The Morgan fingerprint density at radius 3 is 2.28 bits per heavy atom. The molecular formula is C28H29BrCl2N2O3. The molecule has 3 aromatic rings. The van der Waals surface area contributed by atoms with Gasteiger partial charge in [-0.2, -0.15) is 0 Å². The van der Waals surface area contributed by atoms with E-state index in [4.69, 9.17) is 27.9 Å². The van der Waals surface area contributed by atoms with Crippen molar-refractivity contribution in [3.05, 3.63) is 98.4 Å². The Balaban J connectivity index is 1.95. The van der Waals surface area contributed by atoms with Crippen LogP contribution in [0.4, 0.5) is 0 Å². The Labute approximate surface area is 230 Å². The molecule has 0 aliphatic rings. The average Bonchev–Trinajstić information content (AvgIpc) is 2.81. The van der Waals surface area contributed by atoms with E-state index in [-0.39, 0.29) is 25.0 Å². The van der Waals surface area contributed by atoms with Gasteiger partial charge >= 0.3 is 0 Å². The molecule has 1 N–H and O–H groups in total. The molecule has 3 rings (SSSR count). The topological polar surface area (TPSA) is 58.6 Å². The van der Waals surface area contributed by atoms with Gasteiger partial charge in [-0.15, -0.1) is 0 Å². The summed E-state index contributed by atoms with van der Waals surface area (Å²) >= 11 is 15.9. The van der Waals surface area contributed by atoms with Crippen molar-refractivity contribution in [1.82, 2.24) is 10.2 Å². The van der Waals surface area contributed by atoms with Gasteiger partial charge in [-0.25, -0.2) is 0 Å². The number of amides is 2. The van der Waals surface area contributed by atoms with Gasteiger partial charge < -0.3 is 15.0 Å².